The van der Waals surface area contributed by atoms with Crippen LogP contribution in [0.25, 0.3) is 0 Å². The largest absolute Gasteiger partial charge is 0.481 e. The molecule has 0 spiro atoms. The number of rotatable bonds is 5. The van der Waals surface area contributed by atoms with E-state index >= 15 is 0 Å². The Labute approximate surface area is 157 Å². The van der Waals surface area contributed by atoms with Crippen LogP contribution in [0, 0.1) is 0 Å². The Hall–Kier alpha value is -2.87. The number of anilines is 2. The third-order valence-corrected chi connectivity index (χ3v) is 6.38. The van der Waals surface area contributed by atoms with Gasteiger partial charge in [0.05, 0.1) is 17.4 Å². The number of sulfonamides is 1. The van der Waals surface area contributed by atoms with Gasteiger partial charge in [0.15, 0.2) is 0 Å². The Kier molecular flexibility index (Phi) is 5.18. The maximum Gasteiger partial charge on any atom is 0.310 e. The minimum absolute atomic E-state index is 0.109. The summed E-state index contributed by atoms with van der Waals surface area (Å²) in [5.74, 6) is -1.92. The Morgan fingerprint density at radius 1 is 1.15 bits per heavy atom. The summed E-state index contributed by atoms with van der Waals surface area (Å²) in [7, 11) is -3.32. The first kappa shape index (κ1) is 18.9. The van der Waals surface area contributed by atoms with E-state index < -0.39 is 27.8 Å². The van der Waals surface area contributed by atoms with Gasteiger partial charge in [0.25, 0.3) is 5.91 Å². The standard InChI is InChI=1S/C19H20N2O5S/c1-13(19(23)24)14-5-2-7-16(11-14)20-18(22)15-6-3-8-17(12-15)21-9-4-10-27(21,25)26/h2-3,5-8,11-13H,4,9-10H2,1H3,(H,20,22)(H,23,24). The van der Waals surface area contributed by atoms with Crippen molar-refractivity contribution in [2.45, 2.75) is 19.3 Å². The fraction of sp³-hybridized carbons (Fsp3) is 0.263. The molecule has 0 aliphatic carbocycles. The molecule has 2 aromatic rings. The molecule has 1 amide bonds. The third kappa shape index (κ3) is 4.11. The van der Waals surface area contributed by atoms with Crippen molar-refractivity contribution in [2.24, 2.45) is 0 Å². The highest BCUT2D eigenvalue weighted by Crippen LogP contribution is 2.25. The predicted molar refractivity (Wildman–Crippen MR) is 103 cm³/mol. The molecule has 0 radical (unpaired) electrons. The Balaban J connectivity index is 1.80. The van der Waals surface area contributed by atoms with Crippen LogP contribution in [0.1, 0.15) is 35.2 Å². The number of hydrogen-bond acceptors (Lipinski definition) is 4. The molecule has 2 N–H and O–H groups in total. The van der Waals surface area contributed by atoms with Gasteiger partial charge in [-0.05, 0) is 49.2 Å². The average molecular weight is 388 g/mol. The van der Waals surface area contributed by atoms with E-state index in [9.17, 15) is 18.0 Å². The Morgan fingerprint density at radius 3 is 2.56 bits per heavy atom. The molecular formula is C19H20N2O5S. The molecule has 0 aromatic heterocycles. The molecule has 1 unspecified atom stereocenters. The van der Waals surface area contributed by atoms with Gasteiger partial charge in [0.2, 0.25) is 10.0 Å². The smallest absolute Gasteiger partial charge is 0.310 e. The van der Waals surface area contributed by atoms with Crippen LogP contribution in [0.3, 0.4) is 0 Å². The number of benzene rings is 2. The van der Waals surface area contributed by atoms with Crippen molar-refractivity contribution in [2.75, 3.05) is 21.9 Å². The second kappa shape index (κ2) is 7.40. The molecule has 7 nitrogen and oxygen atoms in total. The number of carboxylic acid groups (broad SMARTS) is 1. The summed E-state index contributed by atoms with van der Waals surface area (Å²) in [6.07, 6.45) is 0.563. The average Bonchev–Trinajstić information content (AvgIpc) is 3.00. The highest BCUT2D eigenvalue weighted by atomic mass is 32.2. The number of nitrogens with zero attached hydrogens (tertiary/aromatic N) is 1. The van der Waals surface area contributed by atoms with Gasteiger partial charge in [-0.15, -0.1) is 0 Å². The van der Waals surface area contributed by atoms with Crippen molar-refractivity contribution in [3.63, 3.8) is 0 Å². The first-order chi connectivity index (χ1) is 12.8. The van der Waals surface area contributed by atoms with E-state index in [1.54, 1.807) is 55.5 Å². The lowest BCUT2D eigenvalue weighted by molar-refractivity contribution is -0.138. The molecular weight excluding hydrogens is 368 g/mol. The molecule has 2 aromatic carbocycles. The van der Waals surface area contributed by atoms with Gasteiger partial charge in [-0.2, -0.15) is 0 Å². The minimum atomic E-state index is -3.32. The monoisotopic (exact) mass is 388 g/mol. The number of amides is 1. The molecule has 1 saturated heterocycles. The van der Waals surface area contributed by atoms with Gasteiger partial charge in [0.1, 0.15) is 0 Å². The maximum absolute atomic E-state index is 12.6. The minimum Gasteiger partial charge on any atom is -0.481 e. The summed E-state index contributed by atoms with van der Waals surface area (Å²) in [5.41, 5.74) is 1.85. The second-order valence-electron chi connectivity index (χ2n) is 6.43. The quantitative estimate of drug-likeness (QED) is 0.820. The van der Waals surface area contributed by atoms with E-state index in [0.29, 0.717) is 35.5 Å². The SMILES string of the molecule is CC(C(=O)O)c1cccc(NC(=O)c2cccc(N3CCCS3(=O)=O)c2)c1. The van der Waals surface area contributed by atoms with Crippen LogP contribution in [-0.4, -0.2) is 37.7 Å². The lowest BCUT2D eigenvalue weighted by Gasteiger charge is -2.17. The number of carboxylic acids is 1. The van der Waals surface area contributed by atoms with E-state index in [-0.39, 0.29) is 5.75 Å². The van der Waals surface area contributed by atoms with Crippen molar-refractivity contribution in [3.05, 3.63) is 59.7 Å². The van der Waals surface area contributed by atoms with Gasteiger partial charge in [-0.1, -0.05) is 18.2 Å². The van der Waals surface area contributed by atoms with Crippen LogP contribution < -0.4 is 9.62 Å². The first-order valence-electron chi connectivity index (χ1n) is 8.52. The summed E-state index contributed by atoms with van der Waals surface area (Å²) in [5, 5.41) is 11.9. The van der Waals surface area contributed by atoms with Crippen molar-refractivity contribution < 1.29 is 23.1 Å². The van der Waals surface area contributed by atoms with Crippen molar-refractivity contribution in [1.29, 1.82) is 0 Å². The molecule has 27 heavy (non-hydrogen) atoms. The van der Waals surface area contributed by atoms with Gasteiger partial charge in [-0.25, -0.2) is 8.42 Å². The van der Waals surface area contributed by atoms with E-state index in [1.807, 2.05) is 0 Å². The number of carbonyl (C=O) groups is 2. The molecule has 3 rings (SSSR count). The number of aliphatic carboxylic acids is 1. The van der Waals surface area contributed by atoms with Crippen LogP contribution in [0.4, 0.5) is 11.4 Å². The fourth-order valence-corrected chi connectivity index (χ4v) is 4.52. The molecule has 0 saturated carbocycles. The summed E-state index contributed by atoms with van der Waals surface area (Å²) in [6.45, 7) is 1.98. The number of nitrogens with one attached hydrogen (secondary N) is 1. The molecule has 1 aliphatic rings. The highest BCUT2D eigenvalue weighted by molar-refractivity contribution is 7.93. The topological polar surface area (TPSA) is 104 Å². The molecule has 1 fully saturated rings. The molecule has 1 heterocycles. The van der Waals surface area contributed by atoms with Crippen molar-refractivity contribution >= 4 is 33.3 Å². The van der Waals surface area contributed by atoms with E-state index in [4.69, 9.17) is 5.11 Å². The molecule has 0 bridgehead atoms. The second-order valence-corrected chi connectivity index (χ2v) is 8.44. The lowest BCUT2D eigenvalue weighted by atomic mass is 10.0. The van der Waals surface area contributed by atoms with E-state index in [1.165, 1.54) is 4.31 Å². The Morgan fingerprint density at radius 2 is 1.89 bits per heavy atom. The fourth-order valence-electron chi connectivity index (χ4n) is 2.96. The number of hydrogen-bond donors (Lipinski definition) is 2. The van der Waals surface area contributed by atoms with Crippen LogP contribution in [-0.2, 0) is 14.8 Å². The van der Waals surface area contributed by atoms with Gasteiger partial charge < -0.3 is 10.4 Å². The van der Waals surface area contributed by atoms with Gasteiger partial charge >= 0.3 is 5.97 Å². The van der Waals surface area contributed by atoms with Crippen molar-refractivity contribution in [3.8, 4) is 0 Å². The van der Waals surface area contributed by atoms with Crippen LogP contribution >= 0.6 is 0 Å². The third-order valence-electron chi connectivity index (χ3n) is 4.51. The molecule has 1 atom stereocenters. The Bertz CT molecular complexity index is 987. The molecule has 142 valence electrons. The zero-order valence-corrected chi connectivity index (χ0v) is 15.6. The summed E-state index contributed by atoms with van der Waals surface area (Å²) in [4.78, 5) is 23.7. The maximum atomic E-state index is 12.6. The normalized spacial score (nSPS) is 16.7. The van der Waals surface area contributed by atoms with Gasteiger partial charge in [-0.3, -0.25) is 13.9 Å². The van der Waals surface area contributed by atoms with Gasteiger partial charge in [0, 0.05) is 17.8 Å². The molecule has 8 heteroatoms. The summed E-state index contributed by atoms with van der Waals surface area (Å²) < 4.78 is 25.5. The lowest BCUT2D eigenvalue weighted by Crippen LogP contribution is -2.25. The number of carbonyl (C=O) groups excluding carboxylic acids is 1. The zero-order chi connectivity index (χ0) is 19.6. The van der Waals surface area contributed by atoms with Crippen LogP contribution in [0.15, 0.2) is 48.5 Å². The zero-order valence-electron chi connectivity index (χ0n) is 14.8. The predicted octanol–water partition coefficient (Wildman–Crippen LogP) is 2.67. The van der Waals surface area contributed by atoms with Crippen molar-refractivity contribution in [1.82, 2.24) is 0 Å². The van der Waals surface area contributed by atoms with E-state index in [0.717, 1.165) is 0 Å². The first-order valence-corrected chi connectivity index (χ1v) is 10.1. The van der Waals surface area contributed by atoms with E-state index in [2.05, 4.69) is 5.32 Å². The highest BCUT2D eigenvalue weighted by Gasteiger charge is 2.28. The summed E-state index contributed by atoms with van der Waals surface area (Å²) in [6, 6.07) is 13.1. The molecule has 1 aliphatic heterocycles. The van der Waals surface area contributed by atoms with Crippen LogP contribution in [0.2, 0.25) is 0 Å². The van der Waals surface area contributed by atoms with Crippen LogP contribution in [0.5, 0.6) is 0 Å². The summed E-state index contributed by atoms with van der Waals surface area (Å²) >= 11 is 0.